The number of amides is 2. The molecule has 2 bridgehead atoms. The maximum atomic E-state index is 12.4. The van der Waals surface area contributed by atoms with Gasteiger partial charge in [0, 0.05) is 6.54 Å². The van der Waals surface area contributed by atoms with Crippen molar-refractivity contribution in [3.05, 3.63) is 11.6 Å². The number of nitrogens with zero attached hydrogens (tertiary/aromatic N) is 1. The number of carbonyl (C=O) groups excluding carboxylic acids is 3. The Morgan fingerprint density at radius 3 is 2.42 bits per heavy atom. The molecule has 5 aliphatic rings. The van der Waals surface area contributed by atoms with Crippen LogP contribution in [0.5, 0.6) is 0 Å². The van der Waals surface area contributed by atoms with Crippen LogP contribution in [0.3, 0.4) is 0 Å². The Kier molecular flexibility index (Phi) is 4.44. The van der Waals surface area contributed by atoms with Gasteiger partial charge in [-0.1, -0.05) is 32.8 Å². The number of fused-ring (bicyclic) bond motifs is 2. The number of likely N-dealkylation sites (tertiary alicyclic amines) is 1. The molecule has 142 valence electrons. The maximum Gasteiger partial charge on any atom is 0.307 e. The zero-order valence-electron chi connectivity index (χ0n) is 15.8. The van der Waals surface area contributed by atoms with Gasteiger partial charge < -0.3 is 4.74 Å². The van der Waals surface area contributed by atoms with Crippen LogP contribution in [0.15, 0.2) is 11.6 Å². The topological polar surface area (TPSA) is 63.7 Å². The van der Waals surface area contributed by atoms with Gasteiger partial charge in [-0.3, -0.25) is 19.3 Å². The third-order valence-corrected chi connectivity index (χ3v) is 7.45. The van der Waals surface area contributed by atoms with Gasteiger partial charge in [0.1, 0.15) is 6.61 Å². The highest BCUT2D eigenvalue weighted by Crippen LogP contribution is 2.59. The second kappa shape index (κ2) is 6.50. The molecular weight excluding hydrogens is 330 g/mol. The van der Waals surface area contributed by atoms with Gasteiger partial charge >= 0.3 is 5.97 Å². The SMILES string of the molecule is CC1(C)[C@H]2CC=C(COC(=O)CCN3C(=O)C4CCCCC4C3=O)[C@@H]1C2. The van der Waals surface area contributed by atoms with Crippen LogP contribution in [0.1, 0.15) is 58.8 Å². The molecule has 0 aromatic carbocycles. The first kappa shape index (κ1) is 17.7. The fraction of sp³-hybridized carbons (Fsp3) is 0.762. The number of ether oxygens (including phenoxy) is 1. The summed E-state index contributed by atoms with van der Waals surface area (Å²) in [5.41, 5.74) is 1.56. The first-order valence-electron chi connectivity index (χ1n) is 10.1. The van der Waals surface area contributed by atoms with Crippen LogP contribution < -0.4 is 0 Å². The lowest BCUT2D eigenvalue weighted by Crippen LogP contribution is -2.48. The highest BCUT2D eigenvalue weighted by Gasteiger charge is 2.51. The van der Waals surface area contributed by atoms with E-state index in [0.717, 1.165) is 38.0 Å². The quantitative estimate of drug-likeness (QED) is 0.430. The minimum atomic E-state index is -0.319. The van der Waals surface area contributed by atoms with Gasteiger partial charge in [-0.05, 0) is 48.5 Å². The van der Waals surface area contributed by atoms with Crippen molar-refractivity contribution in [2.75, 3.05) is 13.2 Å². The molecule has 2 amide bonds. The van der Waals surface area contributed by atoms with E-state index >= 15 is 0 Å². The van der Waals surface area contributed by atoms with Crippen molar-refractivity contribution >= 4 is 17.8 Å². The number of imide groups is 1. The monoisotopic (exact) mass is 359 g/mol. The molecule has 1 saturated heterocycles. The van der Waals surface area contributed by atoms with Crippen molar-refractivity contribution in [1.82, 2.24) is 4.90 Å². The summed E-state index contributed by atoms with van der Waals surface area (Å²) in [5, 5.41) is 0. The largest absolute Gasteiger partial charge is 0.461 e. The van der Waals surface area contributed by atoms with E-state index in [-0.39, 0.29) is 42.6 Å². The number of hydrogen-bond donors (Lipinski definition) is 0. The first-order valence-corrected chi connectivity index (χ1v) is 10.1. The van der Waals surface area contributed by atoms with Gasteiger partial charge in [0.05, 0.1) is 18.3 Å². The molecule has 2 saturated carbocycles. The zero-order chi connectivity index (χ0) is 18.5. The highest BCUT2D eigenvalue weighted by atomic mass is 16.5. The van der Waals surface area contributed by atoms with E-state index in [0.29, 0.717) is 17.9 Å². The molecule has 26 heavy (non-hydrogen) atoms. The normalized spacial score (nSPS) is 34.8. The minimum Gasteiger partial charge on any atom is -0.461 e. The molecule has 3 fully saturated rings. The molecule has 0 spiro atoms. The van der Waals surface area contributed by atoms with E-state index in [9.17, 15) is 14.4 Å². The van der Waals surface area contributed by atoms with Crippen molar-refractivity contribution in [3.8, 4) is 0 Å². The molecule has 5 nitrogen and oxygen atoms in total. The lowest BCUT2D eigenvalue weighted by atomic mass is 9.49. The van der Waals surface area contributed by atoms with E-state index in [1.165, 1.54) is 16.9 Å². The van der Waals surface area contributed by atoms with Crippen LogP contribution in [0.25, 0.3) is 0 Å². The summed E-state index contributed by atoms with van der Waals surface area (Å²) in [6, 6.07) is 0. The van der Waals surface area contributed by atoms with E-state index in [1.54, 1.807) is 0 Å². The number of hydrogen-bond acceptors (Lipinski definition) is 4. The Morgan fingerprint density at radius 2 is 1.85 bits per heavy atom. The van der Waals surface area contributed by atoms with Gasteiger partial charge in [0.2, 0.25) is 11.8 Å². The number of esters is 1. The highest BCUT2D eigenvalue weighted by molar-refractivity contribution is 6.05. The summed E-state index contributed by atoms with van der Waals surface area (Å²) < 4.78 is 5.46. The molecule has 0 radical (unpaired) electrons. The van der Waals surface area contributed by atoms with Gasteiger partial charge in [-0.2, -0.15) is 0 Å². The van der Waals surface area contributed by atoms with Gasteiger partial charge in [0.25, 0.3) is 0 Å². The van der Waals surface area contributed by atoms with Crippen molar-refractivity contribution in [2.24, 2.45) is 29.1 Å². The van der Waals surface area contributed by atoms with Crippen LogP contribution in [-0.4, -0.2) is 35.8 Å². The molecule has 5 rings (SSSR count). The standard InChI is InChI=1S/C21H29NO4/c1-21(2)14-8-7-13(17(21)11-14)12-26-18(23)9-10-22-19(24)15-5-3-4-6-16(15)20(22)25/h7,14-17H,3-6,8-12H2,1-2H3/t14-,15?,16?,17-/m0/s1. The third kappa shape index (κ3) is 2.80. The number of allylic oxidation sites excluding steroid dienone is 1. The number of rotatable bonds is 5. The molecule has 5 heteroatoms. The summed E-state index contributed by atoms with van der Waals surface area (Å²) in [7, 11) is 0. The summed E-state index contributed by atoms with van der Waals surface area (Å²) in [6.45, 7) is 5.11. The predicted octanol–water partition coefficient (Wildman–Crippen LogP) is 3.09. The fourth-order valence-corrected chi connectivity index (χ4v) is 5.53. The minimum absolute atomic E-state index is 0.0789. The molecule has 1 heterocycles. The van der Waals surface area contributed by atoms with Gasteiger partial charge in [-0.15, -0.1) is 0 Å². The average Bonchev–Trinajstić information content (AvgIpc) is 2.89. The molecule has 2 unspecified atom stereocenters. The van der Waals surface area contributed by atoms with Crippen LogP contribution in [0, 0.1) is 29.1 Å². The van der Waals surface area contributed by atoms with E-state index < -0.39 is 0 Å². The zero-order valence-corrected chi connectivity index (χ0v) is 15.8. The Morgan fingerprint density at radius 1 is 1.19 bits per heavy atom. The van der Waals surface area contributed by atoms with Gasteiger partial charge in [-0.25, -0.2) is 0 Å². The molecule has 0 aromatic rings. The molecule has 0 aromatic heterocycles. The van der Waals surface area contributed by atoms with Crippen molar-refractivity contribution in [3.63, 3.8) is 0 Å². The van der Waals surface area contributed by atoms with Crippen LogP contribution in [-0.2, 0) is 19.1 Å². The smallest absolute Gasteiger partial charge is 0.307 e. The summed E-state index contributed by atoms with van der Waals surface area (Å²) >= 11 is 0. The predicted molar refractivity (Wildman–Crippen MR) is 95.8 cm³/mol. The summed E-state index contributed by atoms with van der Waals surface area (Å²) in [6.07, 6.45) is 8.26. The van der Waals surface area contributed by atoms with E-state index in [4.69, 9.17) is 4.74 Å². The Hall–Kier alpha value is -1.65. The fourth-order valence-electron chi connectivity index (χ4n) is 5.53. The van der Waals surface area contributed by atoms with E-state index in [2.05, 4.69) is 19.9 Å². The Labute approximate surface area is 155 Å². The van der Waals surface area contributed by atoms with Crippen molar-refractivity contribution in [1.29, 1.82) is 0 Å². The number of carbonyl (C=O) groups is 3. The molecular formula is C21H29NO4. The van der Waals surface area contributed by atoms with E-state index in [1.807, 2.05) is 0 Å². The average molecular weight is 359 g/mol. The van der Waals surface area contributed by atoms with Crippen LogP contribution in [0.4, 0.5) is 0 Å². The molecule has 1 aliphatic heterocycles. The van der Waals surface area contributed by atoms with Crippen LogP contribution in [0.2, 0.25) is 0 Å². The maximum absolute atomic E-state index is 12.4. The Bertz CT molecular complexity index is 641. The first-order chi connectivity index (χ1) is 12.4. The van der Waals surface area contributed by atoms with Crippen molar-refractivity contribution in [2.45, 2.75) is 58.8 Å². The lowest BCUT2D eigenvalue weighted by Gasteiger charge is -2.56. The van der Waals surface area contributed by atoms with Crippen LogP contribution >= 0.6 is 0 Å². The Balaban J connectivity index is 1.26. The third-order valence-electron chi connectivity index (χ3n) is 7.45. The van der Waals surface area contributed by atoms with Gasteiger partial charge in [0.15, 0.2) is 0 Å². The molecule has 4 atom stereocenters. The second-order valence-electron chi connectivity index (χ2n) is 9.06. The molecule has 0 N–H and O–H groups in total. The summed E-state index contributed by atoms with van der Waals surface area (Å²) in [5.74, 6) is 0.527. The molecule has 4 aliphatic carbocycles. The lowest BCUT2D eigenvalue weighted by molar-refractivity contribution is -0.145. The second-order valence-corrected chi connectivity index (χ2v) is 9.06. The summed E-state index contributed by atoms with van der Waals surface area (Å²) in [4.78, 5) is 38.3. The van der Waals surface area contributed by atoms with Crippen molar-refractivity contribution < 1.29 is 19.1 Å².